The Labute approximate surface area is 125 Å². The molecule has 0 aliphatic heterocycles. The van der Waals surface area contributed by atoms with Crippen LogP contribution in [-0.2, 0) is 9.59 Å². The number of aromatic nitrogens is 2. The molecule has 0 saturated heterocycles. The third kappa shape index (κ3) is 4.08. The molecule has 0 bridgehead atoms. The first-order valence-corrected chi connectivity index (χ1v) is 6.31. The number of aliphatic hydroxyl groups is 2. The Morgan fingerprint density at radius 3 is 1.32 bits per heavy atom. The molecule has 2 aromatic heterocycles. The summed E-state index contributed by atoms with van der Waals surface area (Å²) in [6.07, 6.45) is 1.49. The fourth-order valence-electron chi connectivity index (χ4n) is 1.46. The van der Waals surface area contributed by atoms with Crippen LogP contribution in [0.4, 0.5) is 0 Å². The van der Waals surface area contributed by atoms with Crippen molar-refractivity contribution in [2.24, 2.45) is 0 Å². The molecule has 0 aliphatic rings. The van der Waals surface area contributed by atoms with Crippen molar-refractivity contribution in [3.8, 4) is 0 Å². The summed E-state index contributed by atoms with van der Waals surface area (Å²) in [7, 11) is 0. The average Bonchev–Trinajstić information content (AvgIpc) is 2.55. The molecule has 0 fully saturated rings. The number of hydrogen-bond donors (Lipinski definition) is 2. The van der Waals surface area contributed by atoms with E-state index in [2.05, 4.69) is 0 Å². The van der Waals surface area contributed by atoms with Gasteiger partial charge in [0.15, 0.2) is 12.2 Å². The number of aliphatic hydroxyl groups excluding tert-OH is 2. The van der Waals surface area contributed by atoms with Gasteiger partial charge in [0.2, 0.25) is 24.8 Å². The van der Waals surface area contributed by atoms with Gasteiger partial charge in [-0.2, -0.15) is 9.68 Å². The second-order valence-corrected chi connectivity index (χ2v) is 4.18. The van der Waals surface area contributed by atoms with E-state index in [1.165, 1.54) is 24.8 Å². The predicted octanol–water partition coefficient (Wildman–Crippen LogP) is -2.41. The molecule has 0 spiro atoms. The van der Waals surface area contributed by atoms with Crippen molar-refractivity contribution in [3.63, 3.8) is 0 Å². The number of carbonyl (C=O) groups excluding carboxylic acids is 2. The van der Waals surface area contributed by atoms with Gasteiger partial charge in [0, 0.05) is 33.7 Å². The van der Waals surface area contributed by atoms with Crippen LogP contribution in [0.2, 0.25) is 0 Å². The number of nitrogens with zero attached hydrogens (tertiary/aromatic N) is 2. The summed E-state index contributed by atoms with van der Waals surface area (Å²) >= 11 is 0. The van der Waals surface area contributed by atoms with E-state index in [1.54, 1.807) is 36.4 Å². The minimum Gasteiger partial charge on any atom is -0.378 e. The van der Waals surface area contributed by atoms with E-state index in [4.69, 9.17) is 9.68 Å². The summed E-state index contributed by atoms with van der Waals surface area (Å²) in [6.45, 7) is 0. The van der Waals surface area contributed by atoms with Gasteiger partial charge in [-0.25, -0.2) is 9.59 Å². The zero-order chi connectivity index (χ0) is 15.9. The fourth-order valence-corrected chi connectivity index (χ4v) is 1.46. The van der Waals surface area contributed by atoms with Crippen molar-refractivity contribution >= 4 is 11.9 Å². The van der Waals surface area contributed by atoms with Gasteiger partial charge >= 0.3 is 11.9 Å². The molecule has 2 aromatic rings. The molecule has 8 heteroatoms. The number of hydrogen-bond acceptors (Lipinski definition) is 6. The first-order chi connectivity index (χ1) is 10.6. The van der Waals surface area contributed by atoms with E-state index in [-0.39, 0.29) is 0 Å². The topological polar surface area (TPSA) is 101 Å². The molecule has 114 valence electrons. The van der Waals surface area contributed by atoms with E-state index in [9.17, 15) is 19.8 Å². The fraction of sp³-hybridized carbons (Fsp3) is 0.143. The Hall–Kier alpha value is -2.84. The Kier molecular flexibility index (Phi) is 5.12. The van der Waals surface area contributed by atoms with Crippen LogP contribution in [0, 0.1) is 0 Å². The molecular formula is C14H14N2O6+2. The highest BCUT2D eigenvalue weighted by Crippen LogP contribution is 1.95. The first-order valence-electron chi connectivity index (χ1n) is 6.31. The SMILES string of the molecule is O=C(O[n+]1ccccc1)C(O)C(O)C(=O)O[n+]1ccccc1. The lowest BCUT2D eigenvalue weighted by molar-refractivity contribution is -0.871. The lowest BCUT2D eigenvalue weighted by Gasteiger charge is -2.10. The van der Waals surface area contributed by atoms with E-state index < -0.39 is 24.1 Å². The standard InChI is InChI=1S/C14H14N2O6/c17-11(13(19)21-15-7-3-1-4-8-15)12(18)14(20)22-16-9-5-2-6-10-16/h1-12,17-18H/q+2. The van der Waals surface area contributed by atoms with Gasteiger partial charge in [0.25, 0.3) is 0 Å². The van der Waals surface area contributed by atoms with Gasteiger partial charge in [0.05, 0.1) is 0 Å². The van der Waals surface area contributed by atoms with E-state index in [0.29, 0.717) is 0 Å². The lowest BCUT2D eigenvalue weighted by Crippen LogP contribution is -2.56. The summed E-state index contributed by atoms with van der Waals surface area (Å²) in [5, 5.41) is 19.3. The maximum absolute atomic E-state index is 11.6. The van der Waals surface area contributed by atoms with Crippen LogP contribution < -0.4 is 19.1 Å². The van der Waals surface area contributed by atoms with Crippen molar-refractivity contribution < 1.29 is 38.9 Å². The van der Waals surface area contributed by atoms with Crippen molar-refractivity contribution in [3.05, 3.63) is 61.2 Å². The second-order valence-electron chi connectivity index (χ2n) is 4.18. The summed E-state index contributed by atoms with van der Waals surface area (Å²) < 4.78 is 2.05. The van der Waals surface area contributed by atoms with Crippen molar-refractivity contribution in [2.45, 2.75) is 12.2 Å². The van der Waals surface area contributed by atoms with Crippen LogP contribution in [-0.4, -0.2) is 34.4 Å². The van der Waals surface area contributed by atoms with Crippen molar-refractivity contribution in [1.29, 1.82) is 0 Å². The number of carbonyl (C=O) groups is 2. The third-order valence-corrected chi connectivity index (χ3v) is 2.55. The Balaban J connectivity index is 1.94. The van der Waals surface area contributed by atoms with Gasteiger partial charge in [0.1, 0.15) is 0 Å². The maximum atomic E-state index is 11.6. The lowest BCUT2D eigenvalue weighted by atomic mass is 10.2. The van der Waals surface area contributed by atoms with Gasteiger partial charge in [-0.3, -0.25) is 0 Å². The number of pyridine rings is 2. The summed E-state index contributed by atoms with van der Waals surface area (Å²) in [5.74, 6) is -2.39. The maximum Gasteiger partial charge on any atom is 0.411 e. The molecule has 2 rings (SSSR count). The van der Waals surface area contributed by atoms with Crippen LogP contribution >= 0.6 is 0 Å². The normalized spacial score (nSPS) is 13.0. The molecule has 2 heterocycles. The minimum atomic E-state index is -2.08. The third-order valence-electron chi connectivity index (χ3n) is 2.55. The van der Waals surface area contributed by atoms with Gasteiger partial charge in [-0.05, 0) is 0 Å². The molecule has 8 nitrogen and oxygen atoms in total. The monoisotopic (exact) mass is 306 g/mol. The smallest absolute Gasteiger partial charge is 0.378 e. The van der Waals surface area contributed by atoms with Crippen LogP contribution in [0.25, 0.3) is 0 Å². The molecule has 0 aliphatic carbocycles. The zero-order valence-corrected chi connectivity index (χ0v) is 11.4. The summed E-state index contributed by atoms with van der Waals surface area (Å²) in [5.41, 5.74) is 0. The molecule has 2 atom stereocenters. The quantitative estimate of drug-likeness (QED) is 0.597. The highest BCUT2D eigenvalue weighted by atomic mass is 16.7. The Bertz CT molecular complexity index is 577. The van der Waals surface area contributed by atoms with Crippen LogP contribution in [0.5, 0.6) is 0 Å². The second kappa shape index (κ2) is 7.25. The molecule has 0 radical (unpaired) electrons. The average molecular weight is 306 g/mol. The van der Waals surface area contributed by atoms with Crippen molar-refractivity contribution in [1.82, 2.24) is 0 Å². The highest BCUT2D eigenvalue weighted by molar-refractivity contribution is 5.84. The molecule has 22 heavy (non-hydrogen) atoms. The van der Waals surface area contributed by atoms with Gasteiger partial charge in [-0.15, -0.1) is 0 Å². The van der Waals surface area contributed by atoms with E-state index in [0.717, 1.165) is 9.46 Å². The highest BCUT2D eigenvalue weighted by Gasteiger charge is 2.37. The van der Waals surface area contributed by atoms with Gasteiger partial charge < -0.3 is 10.2 Å². The van der Waals surface area contributed by atoms with Crippen LogP contribution in [0.15, 0.2) is 61.2 Å². The first kappa shape index (κ1) is 15.5. The van der Waals surface area contributed by atoms with Crippen LogP contribution in [0.3, 0.4) is 0 Å². The molecule has 0 saturated carbocycles. The van der Waals surface area contributed by atoms with E-state index >= 15 is 0 Å². The Morgan fingerprint density at radius 1 is 0.682 bits per heavy atom. The Morgan fingerprint density at radius 2 is 1.00 bits per heavy atom. The molecule has 0 aromatic carbocycles. The zero-order valence-electron chi connectivity index (χ0n) is 11.4. The molecule has 2 unspecified atom stereocenters. The van der Waals surface area contributed by atoms with Crippen LogP contribution in [0.1, 0.15) is 0 Å². The van der Waals surface area contributed by atoms with Crippen molar-refractivity contribution in [2.75, 3.05) is 0 Å². The summed E-state index contributed by atoms with van der Waals surface area (Å²) in [4.78, 5) is 32.8. The largest absolute Gasteiger partial charge is 0.411 e. The molecular weight excluding hydrogens is 292 g/mol. The van der Waals surface area contributed by atoms with Gasteiger partial charge in [-0.1, -0.05) is 12.1 Å². The molecule has 2 N–H and O–H groups in total. The minimum absolute atomic E-state index is 1.02. The number of rotatable bonds is 5. The predicted molar refractivity (Wildman–Crippen MR) is 68.5 cm³/mol. The van der Waals surface area contributed by atoms with E-state index in [1.807, 2.05) is 0 Å². The molecule has 0 amide bonds. The summed E-state index contributed by atoms with van der Waals surface area (Å²) in [6, 6.07) is 9.77.